The minimum absolute atomic E-state index is 0.00921. The summed E-state index contributed by atoms with van der Waals surface area (Å²) in [6.07, 6.45) is 0. The molecule has 1 aromatic heterocycles. The Morgan fingerprint density at radius 3 is 2.68 bits per heavy atom. The maximum absolute atomic E-state index is 12.9. The molecule has 1 amide bonds. The normalized spacial score (nSPS) is 13.5. The van der Waals surface area contributed by atoms with Crippen LogP contribution in [0.4, 0.5) is 10.8 Å². The third kappa shape index (κ3) is 3.96. The average Bonchev–Trinajstić information content (AvgIpc) is 3.09. The summed E-state index contributed by atoms with van der Waals surface area (Å²) in [4.78, 5) is 19.0. The Balaban J connectivity index is 1.65. The van der Waals surface area contributed by atoms with Crippen molar-refractivity contribution in [3.63, 3.8) is 0 Å². The van der Waals surface area contributed by atoms with Gasteiger partial charge in [0, 0.05) is 17.5 Å². The average molecular weight is 460 g/mol. The van der Waals surface area contributed by atoms with Crippen LogP contribution in [-0.4, -0.2) is 40.1 Å². The fourth-order valence-electron chi connectivity index (χ4n) is 3.35. The molecule has 0 saturated carbocycles. The highest BCUT2D eigenvalue weighted by Gasteiger charge is 2.24. The van der Waals surface area contributed by atoms with Gasteiger partial charge in [-0.3, -0.25) is 9.52 Å². The van der Waals surface area contributed by atoms with E-state index in [0.717, 1.165) is 10.4 Å². The Morgan fingerprint density at radius 2 is 1.97 bits per heavy atom. The number of carbonyl (C=O) groups excluding carboxylic acids is 1. The molecule has 0 fully saturated rings. The van der Waals surface area contributed by atoms with Crippen molar-refractivity contribution in [2.75, 3.05) is 30.4 Å². The van der Waals surface area contributed by atoms with E-state index >= 15 is 0 Å². The molecule has 162 valence electrons. The van der Waals surface area contributed by atoms with Gasteiger partial charge >= 0.3 is 0 Å². The van der Waals surface area contributed by atoms with E-state index in [1.165, 1.54) is 24.5 Å². The van der Waals surface area contributed by atoms with Crippen molar-refractivity contribution in [2.24, 2.45) is 0 Å². The number of nitrogens with zero attached hydrogens (tertiary/aromatic N) is 2. The molecule has 4 rings (SSSR count). The van der Waals surface area contributed by atoms with Gasteiger partial charge in [-0.1, -0.05) is 0 Å². The standard InChI is InChI=1S/C21H21N3O5S2/c1-12-9-15(28-4)6-8-18(12)31(26,27)23-21-22-20(13(2)30-21)14-5-7-17-16(10-14)24(3)19(25)11-29-17/h5-10H,11H2,1-4H3,(H,22,23). The Kier molecular flexibility index (Phi) is 5.36. The van der Waals surface area contributed by atoms with Crippen LogP contribution in [0.25, 0.3) is 11.3 Å². The number of methoxy groups -OCH3 is 1. The number of aryl methyl sites for hydroxylation is 2. The molecule has 1 aliphatic rings. The number of likely N-dealkylation sites (N-methyl/N-ethyl adjacent to an activating group) is 1. The number of anilines is 2. The van der Waals surface area contributed by atoms with Crippen LogP contribution in [0.5, 0.6) is 11.5 Å². The monoisotopic (exact) mass is 459 g/mol. The number of amides is 1. The first-order valence-electron chi connectivity index (χ1n) is 9.38. The van der Waals surface area contributed by atoms with Crippen molar-refractivity contribution in [3.05, 3.63) is 46.8 Å². The fourth-order valence-corrected chi connectivity index (χ4v) is 5.65. The van der Waals surface area contributed by atoms with E-state index in [1.807, 2.05) is 19.1 Å². The first-order valence-corrected chi connectivity index (χ1v) is 11.7. The number of hydrogen-bond donors (Lipinski definition) is 1. The predicted molar refractivity (Wildman–Crippen MR) is 120 cm³/mol. The number of carbonyl (C=O) groups is 1. The SMILES string of the molecule is COc1ccc(S(=O)(=O)Nc2nc(-c3ccc4c(c3)N(C)C(=O)CO4)c(C)s2)c(C)c1. The Hall–Kier alpha value is -3.11. The lowest BCUT2D eigenvalue weighted by molar-refractivity contribution is -0.120. The minimum Gasteiger partial charge on any atom is -0.497 e. The van der Waals surface area contributed by atoms with Crippen LogP contribution >= 0.6 is 11.3 Å². The molecule has 0 spiro atoms. The van der Waals surface area contributed by atoms with E-state index in [4.69, 9.17) is 9.47 Å². The van der Waals surface area contributed by atoms with Crippen LogP contribution in [0.15, 0.2) is 41.3 Å². The van der Waals surface area contributed by atoms with E-state index in [-0.39, 0.29) is 22.5 Å². The molecular formula is C21H21N3O5S2. The van der Waals surface area contributed by atoms with Crippen molar-refractivity contribution in [2.45, 2.75) is 18.7 Å². The van der Waals surface area contributed by atoms with Crippen LogP contribution in [0.1, 0.15) is 10.4 Å². The summed E-state index contributed by atoms with van der Waals surface area (Å²) in [7, 11) is -0.594. The molecule has 31 heavy (non-hydrogen) atoms. The third-order valence-electron chi connectivity index (χ3n) is 5.01. The van der Waals surface area contributed by atoms with Gasteiger partial charge in [-0.25, -0.2) is 13.4 Å². The first-order chi connectivity index (χ1) is 14.7. The summed E-state index contributed by atoms with van der Waals surface area (Å²) in [6.45, 7) is 3.59. The van der Waals surface area contributed by atoms with E-state index in [1.54, 1.807) is 37.1 Å². The molecule has 2 heterocycles. The molecule has 0 atom stereocenters. The third-order valence-corrected chi connectivity index (χ3v) is 7.52. The number of rotatable bonds is 5. The first kappa shape index (κ1) is 21.1. The van der Waals surface area contributed by atoms with E-state index in [0.29, 0.717) is 28.4 Å². The molecule has 0 bridgehead atoms. The number of benzene rings is 2. The van der Waals surface area contributed by atoms with Crippen LogP contribution in [0.3, 0.4) is 0 Å². The topological polar surface area (TPSA) is 97.8 Å². The lowest BCUT2D eigenvalue weighted by atomic mass is 10.1. The summed E-state index contributed by atoms with van der Waals surface area (Å²) < 4.78 is 39.0. The zero-order chi connectivity index (χ0) is 22.3. The molecule has 3 aromatic rings. The maximum atomic E-state index is 12.9. The zero-order valence-corrected chi connectivity index (χ0v) is 19.1. The second-order valence-corrected chi connectivity index (χ2v) is 9.94. The second kappa shape index (κ2) is 7.86. The van der Waals surface area contributed by atoms with Gasteiger partial charge in [0.25, 0.3) is 15.9 Å². The van der Waals surface area contributed by atoms with Crippen LogP contribution in [0.2, 0.25) is 0 Å². The Labute approximate surface area is 184 Å². The van der Waals surface area contributed by atoms with Crippen molar-refractivity contribution >= 4 is 38.1 Å². The molecule has 0 radical (unpaired) electrons. The maximum Gasteiger partial charge on any atom is 0.264 e. The fraction of sp³-hybridized carbons (Fsp3) is 0.238. The highest BCUT2D eigenvalue weighted by atomic mass is 32.2. The number of aromatic nitrogens is 1. The summed E-state index contributed by atoms with van der Waals surface area (Å²) in [5.74, 6) is 1.07. The highest BCUT2D eigenvalue weighted by Crippen LogP contribution is 2.38. The van der Waals surface area contributed by atoms with Crippen LogP contribution in [-0.2, 0) is 14.8 Å². The zero-order valence-electron chi connectivity index (χ0n) is 17.4. The summed E-state index contributed by atoms with van der Waals surface area (Å²) in [5, 5.41) is 0.265. The van der Waals surface area contributed by atoms with E-state index < -0.39 is 10.0 Å². The number of ether oxygens (including phenoxy) is 2. The summed E-state index contributed by atoms with van der Waals surface area (Å²) in [6, 6.07) is 10.2. The van der Waals surface area contributed by atoms with Gasteiger partial charge < -0.3 is 14.4 Å². The van der Waals surface area contributed by atoms with E-state index in [2.05, 4.69) is 9.71 Å². The summed E-state index contributed by atoms with van der Waals surface area (Å²) >= 11 is 1.25. The number of sulfonamides is 1. The lowest BCUT2D eigenvalue weighted by Crippen LogP contribution is -2.35. The number of nitrogens with one attached hydrogen (secondary N) is 1. The quantitative estimate of drug-likeness (QED) is 0.626. The molecule has 0 saturated heterocycles. The van der Waals surface area contributed by atoms with Crippen molar-refractivity contribution < 1.29 is 22.7 Å². The van der Waals surface area contributed by atoms with Crippen molar-refractivity contribution in [3.8, 4) is 22.8 Å². The number of fused-ring (bicyclic) bond motifs is 1. The molecular weight excluding hydrogens is 438 g/mol. The molecule has 2 aromatic carbocycles. The number of hydrogen-bond acceptors (Lipinski definition) is 7. The van der Waals surface area contributed by atoms with Gasteiger partial charge in [0.15, 0.2) is 11.7 Å². The van der Waals surface area contributed by atoms with E-state index in [9.17, 15) is 13.2 Å². The second-order valence-electron chi connectivity index (χ2n) is 7.08. The Bertz CT molecular complexity index is 1280. The Morgan fingerprint density at radius 1 is 1.19 bits per heavy atom. The minimum atomic E-state index is -3.82. The van der Waals surface area contributed by atoms with Crippen LogP contribution in [0, 0.1) is 13.8 Å². The van der Waals surface area contributed by atoms with Gasteiger partial charge in [-0.05, 0) is 55.8 Å². The van der Waals surface area contributed by atoms with Crippen molar-refractivity contribution in [1.29, 1.82) is 0 Å². The smallest absolute Gasteiger partial charge is 0.264 e. The molecule has 8 nitrogen and oxygen atoms in total. The lowest BCUT2D eigenvalue weighted by Gasteiger charge is -2.26. The molecule has 0 unspecified atom stereocenters. The largest absolute Gasteiger partial charge is 0.497 e. The van der Waals surface area contributed by atoms with Crippen molar-refractivity contribution in [1.82, 2.24) is 4.98 Å². The highest BCUT2D eigenvalue weighted by molar-refractivity contribution is 7.93. The molecule has 10 heteroatoms. The van der Waals surface area contributed by atoms with Gasteiger partial charge in [0.1, 0.15) is 11.5 Å². The molecule has 1 N–H and O–H groups in total. The van der Waals surface area contributed by atoms with Gasteiger partial charge in [0.2, 0.25) is 0 Å². The molecule has 0 aliphatic carbocycles. The molecule has 1 aliphatic heterocycles. The van der Waals surface area contributed by atoms with Gasteiger partial charge in [-0.15, -0.1) is 11.3 Å². The van der Waals surface area contributed by atoms with Crippen LogP contribution < -0.4 is 19.1 Å². The van der Waals surface area contributed by atoms with Gasteiger partial charge in [-0.2, -0.15) is 0 Å². The summed E-state index contributed by atoms with van der Waals surface area (Å²) in [5.41, 5.74) is 2.63. The number of thiazole rings is 1. The van der Waals surface area contributed by atoms with Gasteiger partial charge in [0.05, 0.1) is 23.4 Å². The predicted octanol–water partition coefficient (Wildman–Crippen LogP) is 3.59.